The summed E-state index contributed by atoms with van der Waals surface area (Å²) in [5.74, 6) is 0. The summed E-state index contributed by atoms with van der Waals surface area (Å²) in [5, 5.41) is -0.660. The molecule has 10 aromatic rings. The van der Waals surface area contributed by atoms with Crippen LogP contribution in [0.5, 0.6) is 0 Å². The van der Waals surface area contributed by atoms with Crippen LogP contribution in [-0.4, -0.2) is 0 Å². The van der Waals surface area contributed by atoms with Crippen LogP contribution in [0.15, 0.2) is 157 Å². The van der Waals surface area contributed by atoms with Gasteiger partial charge in [-0.15, -0.1) is 0 Å². The molecule has 44 heavy (non-hydrogen) atoms. The standard InChI is InChI=1S/C44H26/c1-2-10-37(38-24-20-34-18-16-30-6-4-8-32-22-26-40(38)44(34)42(30)32)35(9-1)27-11-13-28(14-12-27)36-23-19-33-17-15-29-5-3-7-31-21-25-39(36)43(33)41(29)31/h1-26H/i3D,4D,5D,6D,7D,8D,15D,16D,17D,18D,19D,20D,21D,22D,23D,24D,25D,26D. The molecular formula is C44H26. The van der Waals surface area contributed by atoms with E-state index in [1.807, 2.05) is 0 Å². The molecule has 0 aliphatic rings. The Kier molecular flexibility index (Phi) is 2.52. The van der Waals surface area contributed by atoms with E-state index < -0.39 is 103 Å². The first kappa shape index (κ1) is 12.5. The van der Waals surface area contributed by atoms with E-state index in [2.05, 4.69) is 0 Å². The van der Waals surface area contributed by atoms with Crippen molar-refractivity contribution in [2.45, 2.75) is 0 Å². The zero-order valence-electron chi connectivity index (χ0n) is 40.6. The van der Waals surface area contributed by atoms with Gasteiger partial charge in [0.1, 0.15) is 0 Å². The average Bonchev–Trinajstić information content (AvgIpc) is 3.25. The minimum atomic E-state index is -0.564. The highest BCUT2D eigenvalue weighted by molar-refractivity contribution is 6.27. The van der Waals surface area contributed by atoms with Crippen LogP contribution in [0.4, 0.5) is 0 Å². The molecule has 0 spiro atoms. The summed E-state index contributed by atoms with van der Waals surface area (Å²) >= 11 is 0. The molecule has 0 heteroatoms. The number of hydrogen-bond donors (Lipinski definition) is 0. The van der Waals surface area contributed by atoms with Crippen molar-refractivity contribution in [3.63, 3.8) is 0 Å². The van der Waals surface area contributed by atoms with Gasteiger partial charge >= 0.3 is 0 Å². The van der Waals surface area contributed by atoms with Crippen molar-refractivity contribution in [2.24, 2.45) is 0 Å². The van der Waals surface area contributed by atoms with Gasteiger partial charge in [-0.2, -0.15) is 0 Å². The lowest BCUT2D eigenvalue weighted by Gasteiger charge is -2.17. The second kappa shape index (κ2) is 8.89. The summed E-state index contributed by atoms with van der Waals surface area (Å²) in [6.07, 6.45) is 0. The second-order valence-corrected chi connectivity index (χ2v) is 10.6. The second-order valence-electron chi connectivity index (χ2n) is 10.6. The Bertz CT molecular complexity index is 3660. The number of rotatable bonds is 3. The van der Waals surface area contributed by atoms with Crippen molar-refractivity contribution < 1.29 is 24.7 Å². The Morgan fingerprint density at radius 1 is 0.295 bits per heavy atom. The van der Waals surface area contributed by atoms with Crippen LogP contribution in [0.1, 0.15) is 24.7 Å². The molecular weight excluding hydrogens is 528 g/mol. The van der Waals surface area contributed by atoms with Gasteiger partial charge in [0, 0.05) is 0 Å². The molecule has 0 aliphatic carbocycles. The largest absolute Gasteiger partial charge is 0.0630 e. The predicted octanol–water partition coefficient (Wildman–Crippen LogP) is 12.5. The normalized spacial score (nSPS) is 17.8. The van der Waals surface area contributed by atoms with Gasteiger partial charge in [0.05, 0.1) is 24.7 Å². The maximum Gasteiger partial charge on any atom is 0.0630 e. The molecule has 0 heterocycles. The molecule has 0 amide bonds. The lowest BCUT2D eigenvalue weighted by atomic mass is 9.87. The molecule has 0 N–H and O–H groups in total. The van der Waals surface area contributed by atoms with Crippen molar-refractivity contribution in [3.05, 3.63) is 157 Å². The van der Waals surface area contributed by atoms with Crippen LogP contribution in [0.25, 0.3) is 98.0 Å². The third-order valence-electron chi connectivity index (χ3n) is 8.31. The predicted molar refractivity (Wildman–Crippen MR) is 190 cm³/mol. The summed E-state index contributed by atoms with van der Waals surface area (Å²) in [6.45, 7) is 0. The lowest BCUT2D eigenvalue weighted by Crippen LogP contribution is -1.90. The molecule has 0 radical (unpaired) electrons. The summed E-state index contributed by atoms with van der Waals surface area (Å²) in [4.78, 5) is 0. The van der Waals surface area contributed by atoms with Gasteiger partial charge < -0.3 is 0 Å². The number of benzene rings is 10. The van der Waals surface area contributed by atoms with Crippen molar-refractivity contribution >= 4 is 64.6 Å². The molecule has 10 aromatic carbocycles. The van der Waals surface area contributed by atoms with E-state index in [4.69, 9.17) is 20.6 Å². The summed E-state index contributed by atoms with van der Waals surface area (Å²) < 4.78 is 160. The summed E-state index contributed by atoms with van der Waals surface area (Å²) in [5.41, 5.74) is 1.83. The Hall–Kier alpha value is -5.72. The van der Waals surface area contributed by atoms with E-state index in [0.717, 1.165) is 0 Å². The zero-order valence-corrected chi connectivity index (χ0v) is 22.6. The van der Waals surface area contributed by atoms with E-state index in [1.165, 1.54) is 0 Å². The molecule has 0 saturated heterocycles. The average molecular weight is 573 g/mol. The number of hydrogen-bond acceptors (Lipinski definition) is 0. The van der Waals surface area contributed by atoms with E-state index in [-0.39, 0.29) is 81.8 Å². The monoisotopic (exact) mass is 572 g/mol. The third-order valence-corrected chi connectivity index (χ3v) is 8.31. The van der Waals surface area contributed by atoms with Crippen molar-refractivity contribution in [1.29, 1.82) is 0 Å². The van der Waals surface area contributed by atoms with E-state index in [1.54, 1.807) is 48.5 Å². The fourth-order valence-electron chi connectivity index (χ4n) is 6.31. The van der Waals surface area contributed by atoms with Gasteiger partial charge in [0.25, 0.3) is 0 Å². The fraction of sp³-hybridized carbons (Fsp3) is 0. The fourth-order valence-corrected chi connectivity index (χ4v) is 6.31. The molecule has 0 fully saturated rings. The van der Waals surface area contributed by atoms with Gasteiger partial charge in [-0.1, -0.05) is 157 Å². The Labute approximate surface area is 280 Å². The first-order valence-corrected chi connectivity index (χ1v) is 13.9. The first-order chi connectivity index (χ1) is 29.3. The minimum absolute atomic E-state index is 0.0102. The highest BCUT2D eigenvalue weighted by atomic mass is 14.2. The maximum atomic E-state index is 9.31. The van der Waals surface area contributed by atoms with Crippen LogP contribution < -0.4 is 0 Å². The van der Waals surface area contributed by atoms with Gasteiger partial charge in [0.2, 0.25) is 0 Å². The first-order valence-electron chi connectivity index (χ1n) is 22.9. The molecule has 0 atom stereocenters. The van der Waals surface area contributed by atoms with Gasteiger partial charge in [-0.25, -0.2) is 0 Å². The molecule has 0 aliphatic heterocycles. The van der Waals surface area contributed by atoms with E-state index in [9.17, 15) is 4.11 Å². The molecule has 0 saturated carbocycles. The van der Waals surface area contributed by atoms with Crippen molar-refractivity contribution in [1.82, 2.24) is 0 Å². The quantitative estimate of drug-likeness (QED) is 0.185. The highest BCUT2D eigenvalue weighted by Crippen LogP contribution is 2.43. The SMILES string of the molecule is [2H]c1c([2H])c2c([2H])c([2H])c3c([2H])c([2H])c(-c4ccc(-c5ccccc5-c5c([2H])c([2H])c6c([2H])c([2H])c7c([2H])c([2H])c([2H])c8c([2H])c([2H])c5c6c78)cc4)c4c([2H])c([2H])c(c1[2H])c2c34. The van der Waals surface area contributed by atoms with Crippen molar-refractivity contribution in [2.75, 3.05) is 0 Å². The molecule has 0 unspecified atom stereocenters. The molecule has 10 rings (SSSR count). The van der Waals surface area contributed by atoms with Gasteiger partial charge in [0.15, 0.2) is 0 Å². The van der Waals surface area contributed by atoms with Crippen LogP contribution in [0.3, 0.4) is 0 Å². The zero-order chi connectivity index (χ0) is 44.4. The Balaban J connectivity index is 1.25. The lowest BCUT2D eigenvalue weighted by molar-refractivity contribution is 1.59. The Morgan fingerprint density at radius 3 is 1.23 bits per heavy atom. The van der Waals surface area contributed by atoms with Crippen LogP contribution in [-0.2, 0) is 0 Å². The molecule has 0 nitrogen and oxygen atoms in total. The van der Waals surface area contributed by atoms with E-state index in [0.29, 0.717) is 22.3 Å². The van der Waals surface area contributed by atoms with Crippen LogP contribution in [0, 0.1) is 0 Å². The third kappa shape index (κ3) is 3.28. The highest BCUT2D eigenvalue weighted by Gasteiger charge is 2.16. The molecule has 202 valence electrons. The summed E-state index contributed by atoms with van der Waals surface area (Å²) in [7, 11) is 0. The van der Waals surface area contributed by atoms with Gasteiger partial charge in [-0.3, -0.25) is 0 Å². The minimum Gasteiger partial charge on any atom is -0.0616 e. The van der Waals surface area contributed by atoms with E-state index >= 15 is 0 Å². The smallest absolute Gasteiger partial charge is 0.0616 e. The van der Waals surface area contributed by atoms with Crippen LogP contribution in [0.2, 0.25) is 0 Å². The molecule has 0 aromatic heterocycles. The van der Waals surface area contributed by atoms with Gasteiger partial charge in [-0.05, 0) is 98.0 Å². The van der Waals surface area contributed by atoms with Crippen molar-refractivity contribution in [3.8, 4) is 33.4 Å². The maximum absolute atomic E-state index is 9.31. The molecule has 0 bridgehead atoms. The Morgan fingerprint density at radius 2 is 0.682 bits per heavy atom. The summed E-state index contributed by atoms with van der Waals surface area (Å²) in [6, 6.07) is 4.96. The topological polar surface area (TPSA) is 0 Å². The van der Waals surface area contributed by atoms with Crippen LogP contribution >= 0.6 is 0 Å².